The highest BCUT2D eigenvalue weighted by Crippen LogP contribution is 2.26. The van der Waals surface area contributed by atoms with Gasteiger partial charge in [0.2, 0.25) is 5.91 Å². The zero-order chi connectivity index (χ0) is 27.0. The third kappa shape index (κ3) is 7.07. The van der Waals surface area contributed by atoms with Gasteiger partial charge in [0, 0.05) is 28.9 Å². The van der Waals surface area contributed by atoms with E-state index >= 15 is 0 Å². The molecule has 1 N–H and O–H groups in total. The second-order valence-electron chi connectivity index (χ2n) is 10.1. The van der Waals surface area contributed by atoms with Gasteiger partial charge in [-0.15, -0.1) is 0 Å². The standard InChI is InChI=1S/C33H33BrN2O3/c34-27-15-8-12-25(20-27)22-36(32(37)23-39-31-19-9-14-26-13-4-7-18-29(26)31)30(21-24-10-2-1-3-11-24)33(38)35-28-16-5-6-17-28/h1-4,7-15,18-20,28,30H,5-6,16-17,21-23H2,(H,35,38)/t30-/m0/s1. The monoisotopic (exact) mass is 584 g/mol. The Morgan fingerprint density at radius 3 is 2.36 bits per heavy atom. The Kier molecular flexibility index (Phi) is 8.94. The van der Waals surface area contributed by atoms with Crippen molar-refractivity contribution in [1.29, 1.82) is 0 Å². The summed E-state index contributed by atoms with van der Waals surface area (Å²) in [5.41, 5.74) is 1.95. The molecule has 0 aliphatic heterocycles. The van der Waals surface area contributed by atoms with Crippen LogP contribution in [0.15, 0.2) is 102 Å². The number of amides is 2. The molecule has 0 spiro atoms. The number of carbonyl (C=O) groups is 2. The van der Waals surface area contributed by atoms with Crippen molar-refractivity contribution >= 4 is 38.5 Å². The molecule has 5 rings (SSSR count). The summed E-state index contributed by atoms with van der Waals surface area (Å²) in [7, 11) is 0. The summed E-state index contributed by atoms with van der Waals surface area (Å²) in [6.07, 6.45) is 4.62. The maximum absolute atomic E-state index is 13.9. The molecule has 0 radical (unpaired) electrons. The first-order valence-electron chi connectivity index (χ1n) is 13.6. The molecule has 0 bridgehead atoms. The minimum absolute atomic E-state index is 0.112. The van der Waals surface area contributed by atoms with E-state index in [0.717, 1.165) is 52.1 Å². The second-order valence-corrected chi connectivity index (χ2v) is 11.0. The van der Waals surface area contributed by atoms with Crippen LogP contribution in [0.4, 0.5) is 0 Å². The molecule has 4 aromatic carbocycles. The first kappa shape index (κ1) is 26.9. The summed E-state index contributed by atoms with van der Waals surface area (Å²) in [4.78, 5) is 29.4. The van der Waals surface area contributed by atoms with Gasteiger partial charge in [-0.25, -0.2) is 0 Å². The largest absolute Gasteiger partial charge is 0.483 e. The Balaban J connectivity index is 1.44. The zero-order valence-corrected chi connectivity index (χ0v) is 23.5. The van der Waals surface area contributed by atoms with Crippen LogP contribution in [-0.4, -0.2) is 35.4 Å². The number of benzene rings is 4. The number of ether oxygens (including phenoxy) is 1. The maximum Gasteiger partial charge on any atom is 0.261 e. The quantitative estimate of drug-likeness (QED) is 0.226. The molecule has 2 amide bonds. The van der Waals surface area contributed by atoms with E-state index in [9.17, 15) is 9.59 Å². The minimum atomic E-state index is -0.671. The van der Waals surface area contributed by atoms with Crippen molar-refractivity contribution in [3.8, 4) is 5.75 Å². The van der Waals surface area contributed by atoms with Crippen LogP contribution in [0.5, 0.6) is 5.75 Å². The Morgan fingerprint density at radius 2 is 1.56 bits per heavy atom. The molecule has 0 unspecified atom stereocenters. The van der Waals surface area contributed by atoms with Crippen LogP contribution in [0.25, 0.3) is 10.8 Å². The van der Waals surface area contributed by atoms with Crippen molar-refractivity contribution in [3.05, 3.63) is 113 Å². The number of halogens is 1. The molecule has 6 heteroatoms. The lowest BCUT2D eigenvalue weighted by Crippen LogP contribution is -2.53. The van der Waals surface area contributed by atoms with E-state index in [2.05, 4.69) is 21.2 Å². The first-order valence-corrected chi connectivity index (χ1v) is 14.3. The van der Waals surface area contributed by atoms with Crippen LogP contribution < -0.4 is 10.1 Å². The Labute approximate surface area is 238 Å². The van der Waals surface area contributed by atoms with Crippen molar-refractivity contribution in [3.63, 3.8) is 0 Å². The smallest absolute Gasteiger partial charge is 0.261 e. The first-order chi connectivity index (χ1) is 19.1. The summed E-state index contributed by atoms with van der Waals surface area (Å²) in [6, 6.07) is 31.0. The highest BCUT2D eigenvalue weighted by molar-refractivity contribution is 9.10. The van der Waals surface area contributed by atoms with Crippen molar-refractivity contribution in [2.45, 2.75) is 50.7 Å². The molecule has 1 atom stereocenters. The number of hydrogen-bond acceptors (Lipinski definition) is 3. The van der Waals surface area contributed by atoms with Gasteiger partial charge in [0.1, 0.15) is 11.8 Å². The SMILES string of the molecule is O=C(NC1CCCC1)[C@H](Cc1ccccc1)N(Cc1cccc(Br)c1)C(=O)COc1cccc2ccccc12. The van der Waals surface area contributed by atoms with Gasteiger partial charge in [-0.3, -0.25) is 9.59 Å². The number of nitrogens with one attached hydrogen (secondary N) is 1. The van der Waals surface area contributed by atoms with E-state index in [4.69, 9.17) is 4.74 Å². The molecule has 0 saturated heterocycles. The molecule has 0 aromatic heterocycles. The summed E-state index contributed by atoms with van der Waals surface area (Å²) < 4.78 is 7.03. The molecule has 200 valence electrons. The summed E-state index contributed by atoms with van der Waals surface area (Å²) in [6.45, 7) is 0.136. The second kappa shape index (κ2) is 12.9. The molecule has 1 aliphatic carbocycles. The van der Waals surface area contributed by atoms with Crippen LogP contribution in [-0.2, 0) is 22.6 Å². The van der Waals surface area contributed by atoms with E-state index in [-0.39, 0.29) is 24.5 Å². The van der Waals surface area contributed by atoms with Crippen LogP contribution in [0.3, 0.4) is 0 Å². The van der Waals surface area contributed by atoms with Crippen LogP contribution in [0.1, 0.15) is 36.8 Å². The highest BCUT2D eigenvalue weighted by Gasteiger charge is 2.32. The molecule has 0 heterocycles. The molecule has 4 aromatic rings. The predicted octanol–water partition coefficient (Wildman–Crippen LogP) is 6.68. The van der Waals surface area contributed by atoms with Gasteiger partial charge in [0.05, 0.1) is 0 Å². The lowest BCUT2D eigenvalue weighted by atomic mass is 10.0. The van der Waals surface area contributed by atoms with Gasteiger partial charge >= 0.3 is 0 Å². The van der Waals surface area contributed by atoms with Crippen molar-refractivity contribution in [1.82, 2.24) is 10.2 Å². The molecule has 1 saturated carbocycles. The Bertz CT molecular complexity index is 1410. The van der Waals surface area contributed by atoms with Gasteiger partial charge in [0.15, 0.2) is 6.61 Å². The Morgan fingerprint density at radius 1 is 0.872 bits per heavy atom. The molecule has 5 nitrogen and oxygen atoms in total. The molecular formula is C33H33BrN2O3. The lowest BCUT2D eigenvalue weighted by molar-refractivity contribution is -0.143. The molecular weight excluding hydrogens is 552 g/mol. The van der Waals surface area contributed by atoms with E-state index in [1.807, 2.05) is 97.1 Å². The third-order valence-corrected chi connectivity index (χ3v) is 7.81. The number of carbonyl (C=O) groups excluding carboxylic acids is 2. The summed E-state index contributed by atoms with van der Waals surface area (Å²) in [5.74, 6) is 0.309. The average Bonchev–Trinajstić information content (AvgIpc) is 3.47. The Hall–Kier alpha value is -3.64. The predicted molar refractivity (Wildman–Crippen MR) is 158 cm³/mol. The molecule has 39 heavy (non-hydrogen) atoms. The minimum Gasteiger partial charge on any atom is -0.483 e. The zero-order valence-electron chi connectivity index (χ0n) is 21.9. The van der Waals surface area contributed by atoms with E-state index in [1.165, 1.54) is 0 Å². The van der Waals surface area contributed by atoms with Crippen molar-refractivity contribution in [2.24, 2.45) is 0 Å². The van der Waals surface area contributed by atoms with Crippen LogP contribution in [0.2, 0.25) is 0 Å². The number of fused-ring (bicyclic) bond motifs is 1. The van der Waals surface area contributed by atoms with Crippen LogP contribution in [0, 0.1) is 0 Å². The topological polar surface area (TPSA) is 58.6 Å². The lowest BCUT2D eigenvalue weighted by Gasteiger charge is -2.32. The van der Waals surface area contributed by atoms with Gasteiger partial charge in [-0.05, 0) is 47.6 Å². The fourth-order valence-corrected chi connectivity index (χ4v) is 5.74. The number of rotatable bonds is 10. The molecule has 1 fully saturated rings. The van der Waals surface area contributed by atoms with E-state index in [0.29, 0.717) is 18.7 Å². The third-order valence-electron chi connectivity index (χ3n) is 7.32. The van der Waals surface area contributed by atoms with Gasteiger partial charge < -0.3 is 15.0 Å². The normalized spacial score (nSPS) is 14.2. The fraction of sp³-hybridized carbons (Fsp3) is 0.273. The molecule has 1 aliphatic rings. The maximum atomic E-state index is 13.9. The average molecular weight is 586 g/mol. The number of nitrogens with zero attached hydrogens (tertiary/aromatic N) is 1. The summed E-state index contributed by atoms with van der Waals surface area (Å²) >= 11 is 3.54. The van der Waals surface area contributed by atoms with Gasteiger partial charge in [-0.2, -0.15) is 0 Å². The van der Waals surface area contributed by atoms with Crippen LogP contribution >= 0.6 is 15.9 Å². The summed E-state index contributed by atoms with van der Waals surface area (Å²) in [5, 5.41) is 5.24. The van der Waals surface area contributed by atoms with Gasteiger partial charge in [0.25, 0.3) is 5.91 Å². The number of hydrogen-bond donors (Lipinski definition) is 1. The highest BCUT2D eigenvalue weighted by atomic mass is 79.9. The van der Waals surface area contributed by atoms with Gasteiger partial charge in [-0.1, -0.05) is 108 Å². The van der Waals surface area contributed by atoms with E-state index < -0.39 is 6.04 Å². The van der Waals surface area contributed by atoms with E-state index in [1.54, 1.807) is 4.90 Å². The fourth-order valence-electron chi connectivity index (χ4n) is 5.30. The van der Waals surface area contributed by atoms with Crippen molar-refractivity contribution in [2.75, 3.05) is 6.61 Å². The van der Waals surface area contributed by atoms with Crippen molar-refractivity contribution < 1.29 is 14.3 Å².